The smallest absolute Gasteiger partial charge is 0.161 e. The molecule has 5 heteroatoms. The van der Waals surface area contributed by atoms with E-state index in [9.17, 15) is 0 Å². The van der Waals surface area contributed by atoms with Gasteiger partial charge < -0.3 is 15.0 Å². The predicted octanol–water partition coefficient (Wildman–Crippen LogP) is 2.15. The molecule has 0 aliphatic rings. The summed E-state index contributed by atoms with van der Waals surface area (Å²) in [6.45, 7) is 9.43. The zero-order chi connectivity index (χ0) is 15.1. The van der Waals surface area contributed by atoms with Crippen molar-refractivity contribution >= 4 is 0 Å². The summed E-state index contributed by atoms with van der Waals surface area (Å²) in [5.41, 5.74) is 1.17. The van der Waals surface area contributed by atoms with Crippen LogP contribution in [0.15, 0.2) is 6.20 Å². The molecule has 0 aromatic carbocycles. The second-order valence-corrected chi connectivity index (χ2v) is 5.55. The highest BCUT2D eigenvalue weighted by Gasteiger charge is 2.25. The van der Waals surface area contributed by atoms with Gasteiger partial charge >= 0.3 is 0 Å². The minimum absolute atomic E-state index is 0.282. The number of rotatable bonds is 9. The summed E-state index contributed by atoms with van der Waals surface area (Å²) in [6, 6.07) is 0.282. The Bertz CT molecular complexity index is 389. The Kier molecular flexibility index (Phi) is 7.02. The maximum absolute atomic E-state index is 5.52. The van der Waals surface area contributed by atoms with Gasteiger partial charge in [0.05, 0.1) is 31.6 Å². The molecular formula is C15H30N4O. The van der Waals surface area contributed by atoms with Gasteiger partial charge in [-0.1, -0.05) is 27.2 Å². The maximum atomic E-state index is 5.52. The first kappa shape index (κ1) is 17.0. The third-order valence-electron chi connectivity index (χ3n) is 3.76. The van der Waals surface area contributed by atoms with Crippen molar-refractivity contribution in [2.24, 2.45) is 5.92 Å². The second kappa shape index (κ2) is 8.27. The lowest BCUT2D eigenvalue weighted by Crippen LogP contribution is -2.30. The Morgan fingerprint density at radius 2 is 2.10 bits per heavy atom. The van der Waals surface area contributed by atoms with Gasteiger partial charge in [0.2, 0.25) is 0 Å². The Hall–Kier alpha value is -1.07. The second-order valence-electron chi connectivity index (χ2n) is 5.55. The quantitative estimate of drug-likeness (QED) is 0.753. The standard InChI is InChI=1S/C15H30N4O/c1-7-12(3)14(16-8-2)15-13(20-6)11-17-19(15)10-9-18(4)5/h11-12,14,16H,7-10H2,1-6H3. The molecule has 1 N–H and O–H groups in total. The van der Waals surface area contributed by atoms with E-state index in [1.54, 1.807) is 7.11 Å². The van der Waals surface area contributed by atoms with Crippen molar-refractivity contribution in [3.63, 3.8) is 0 Å². The molecule has 1 aromatic heterocycles. The van der Waals surface area contributed by atoms with Gasteiger partial charge in [0.25, 0.3) is 0 Å². The average Bonchev–Trinajstić information content (AvgIpc) is 2.84. The maximum Gasteiger partial charge on any atom is 0.161 e. The number of nitrogens with zero attached hydrogens (tertiary/aromatic N) is 3. The molecule has 0 spiro atoms. The van der Waals surface area contributed by atoms with Crippen LogP contribution in [0.4, 0.5) is 0 Å². The van der Waals surface area contributed by atoms with Crippen molar-refractivity contribution in [3.8, 4) is 5.75 Å². The molecule has 0 aliphatic carbocycles. The fraction of sp³-hybridized carbons (Fsp3) is 0.800. The van der Waals surface area contributed by atoms with E-state index in [1.165, 1.54) is 5.69 Å². The van der Waals surface area contributed by atoms with E-state index >= 15 is 0 Å². The monoisotopic (exact) mass is 282 g/mol. The molecule has 5 nitrogen and oxygen atoms in total. The third-order valence-corrected chi connectivity index (χ3v) is 3.76. The summed E-state index contributed by atoms with van der Waals surface area (Å²) in [5, 5.41) is 8.09. The van der Waals surface area contributed by atoms with E-state index in [1.807, 2.05) is 6.20 Å². The molecule has 0 bridgehead atoms. The van der Waals surface area contributed by atoms with Gasteiger partial charge in [-0.15, -0.1) is 0 Å². The average molecular weight is 282 g/mol. The molecule has 2 unspecified atom stereocenters. The molecule has 116 valence electrons. The lowest BCUT2D eigenvalue weighted by molar-refractivity contribution is 0.320. The van der Waals surface area contributed by atoms with Crippen LogP contribution >= 0.6 is 0 Å². The van der Waals surface area contributed by atoms with Gasteiger partial charge in [-0.3, -0.25) is 4.68 Å². The predicted molar refractivity (Wildman–Crippen MR) is 83.2 cm³/mol. The van der Waals surface area contributed by atoms with Crippen molar-refractivity contribution in [1.82, 2.24) is 20.0 Å². The number of methoxy groups -OCH3 is 1. The van der Waals surface area contributed by atoms with Gasteiger partial charge in [-0.25, -0.2) is 0 Å². The first-order valence-corrected chi connectivity index (χ1v) is 7.52. The number of hydrogen-bond donors (Lipinski definition) is 1. The molecule has 1 rings (SSSR count). The molecule has 0 saturated carbocycles. The van der Waals surface area contributed by atoms with E-state index in [4.69, 9.17) is 4.74 Å². The molecule has 0 aliphatic heterocycles. The number of ether oxygens (including phenoxy) is 1. The highest BCUT2D eigenvalue weighted by atomic mass is 16.5. The summed E-state index contributed by atoms with van der Waals surface area (Å²) in [7, 11) is 5.88. The minimum Gasteiger partial charge on any atom is -0.493 e. The lowest BCUT2D eigenvalue weighted by Gasteiger charge is -2.26. The largest absolute Gasteiger partial charge is 0.493 e. The van der Waals surface area contributed by atoms with Gasteiger partial charge in [-0.2, -0.15) is 5.10 Å². The summed E-state index contributed by atoms with van der Waals surface area (Å²) in [6.07, 6.45) is 2.96. The molecule has 0 radical (unpaired) electrons. The third kappa shape index (κ3) is 4.21. The number of aromatic nitrogens is 2. The minimum atomic E-state index is 0.282. The summed E-state index contributed by atoms with van der Waals surface area (Å²) in [5.74, 6) is 1.42. The van der Waals surface area contributed by atoms with Crippen LogP contribution in [0.25, 0.3) is 0 Å². The molecule has 0 saturated heterocycles. The Balaban J connectivity index is 3.05. The van der Waals surface area contributed by atoms with Crippen LogP contribution in [0.1, 0.15) is 38.9 Å². The number of nitrogens with one attached hydrogen (secondary N) is 1. The molecule has 0 amide bonds. The molecule has 0 fully saturated rings. The first-order chi connectivity index (χ1) is 9.54. The van der Waals surface area contributed by atoms with Crippen LogP contribution < -0.4 is 10.1 Å². The SMILES string of the molecule is CCNC(c1c(OC)cnn1CCN(C)C)C(C)CC. The van der Waals surface area contributed by atoms with Crippen LogP contribution in [-0.4, -0.2) is 49.0 Å². The van der Waals surface area contributed by atoms with Crippen LogP contribution in [0.3, 0.4) is 0 Å². The van der Waals surface area contributed by atoms with Crippen LogP contribution in [-0.2, 0) is 6.54 Å². The van der Waals surface area contributed by atoms with Crippen molar-refractivity contribution in [3.05, 3.63) is 11.9 Å². The van der Waals surface area contributed by atoms with Crippen molar-refractivity contribution in [2.45, 2.75) is 39.8 Å². The van der Waals surface area contributed by atoms with Crippen LogP contribution in [0.2, 0.25) is 0 Å². The summed E-state index contributed by atoms with van der Waals surface area (Å²) in [4.78, 5) is 2.17. The normalized spacial score (nSPS) is 14.6. The van der Waals surface area contributed by atoms with E-state index < -0.39 is 0 Å². The fourth-order valence-corrected chi connectivity index (χ4v) is 2.34. The molecular weight excluding hydrogens is 252 g/mol. The van der Waals surface area contributed by atoms with Crippen molar-refractivity contribution < 1.29 is 4.74 Å². The van der Waals surface area contributed by atoms with Gasteiger partial charge in [-0.05, 0) is 26.6 Å². The Morgan fingerprint density at radius 3 is 2.60 bits per heavy atom. The summed E-state index contributed by atoms with van der Waals surface area (Å²) >= 11 is 0. The lowest BCUT2D eigenvalue weighted by atomic mass is 9.95. The first-order valence-electron chi connectivity index (χ1n) is 7.52. The zero-order valence-corrected chi connectivity index (χ0v) is 13.8. The van der Waals surface area contributed by atoms with E-state index in [0.29, 0.717) is 5.92 Å². The van der Waals surface area contributed by atoms with E-state index in [2.05, 4.69) is 54.9 Å². The molecule has 1 heterocycles. The van der Waals surface area contributed by atoms with E-state index in [-0.39, 0.29) is 6.04 Å². The highest BCUT2D eigenvalue weighted by Crippen LogP contribution is 2.31. The number of likely N-dealkylation sites (N-methyl/N-ethyl adjacent to an activating group) is 1. The molecule has 2 atom stereocenters. The topological polar surface area (TPSA) is 42.3 Å². The van der Waals surface area contributed by atoms with Gasteiger partial charge in [0.1, 0.15) is 0 Å². The van der Waals surface area contributed by atoms with Crippen LogP contribution in [0, 0.1) is 5.92 Å². The molecule has 1 aromatic rings. The Morgan fingerprint density at radius 1 is 1.40 bits per heavy atom. The van der Waals surface area contributed by atoms with E-state index in [0.717, 1.165) is 31.8 Å². The van der Waals surface area contributed by atoms with Crippen molar-refractivity contribution in [2.75, 3.05) is 34.3 Å². The Labute approximate surface area is 123 Å². The number of hydrogen-bond acceptors (Lipinski definition) is 4. The highest BCUT2D eigenvalue weighted by molar-refractivity contribution is 5.29. The zero-order valence-electron chi connectivity index (χ0n) is 13.8. The van der Waals surface area contributed by atoms with Crippen LogP contribution in [0.5, 0.6) is 5.75 Å². The fourth-order valence-electron chi connectivity index (χ4n) is 2.34. The van der Waals surface area contributed by atoms with Crippen molar-refractivity contribution in [1.29, 1.82) is 0 Å². The molecule has 20 heavy (non-hydrogen) atoms. The summed E-state index contributed by atoms with van der Waals surface area (Å²) < 4.78 is 7.60. The van der Waals surface area contributed by atoms with Gasteiger partial charge in [0.15, 0.2) is 5.75 Å². The van der Waals surface area contributed by atoms with Gasteiger partial charge in [0, 0.05) is 6.54 Å².